The molecule has 2 N–H and O–H groups in total. The summed E-state index contributed by atoms with van der Waals surface area (Å²) in [6.07, 6.45) is 0.607. The van der Waals surface area contributed by atoms with Crippen LogP contribution in [0.25, 0.3) is 0 Å². The van der Waals surface area contributed by atoms with Crippen LogP contribution in [0.1, 0.15) is 25.8 Å². The quantitative estimate of drug-likeness (QED) is 0.848. The Bertz CT molecular complexity index is 471. The highest BCUT2D eigenvalue weighted by atomic mass is 35.5. The van der Waals surface area contributed by atoms with Gasteiger partial charge in [-0.05, 0) is 31.0 Å². The van der Waals surface area contributed by atoms with Crippen LogP contribution in [0.3, 0.4) is 0 Å². The fourth-order valence-electron chi connectivity index (χ4n) is 1.31. The van der Waals surface area contributed by atoms with Gasteiger partial charge in [0.1, 0.15) is 0 Å². The summed E-state index contributed by atoms with van der Waals surface area (Å²) in [6.45, 7) is 3.56. The molecule has 5 heteroatoms. The number of hydrogen-bond acceptors (Lipinski definition) is 3. The zero-order valence-electron chi connectivity index (χ0n) is 9.40. The molecule has 0 aromatic heterocycles. The highest BCUT2D eigenvalue weighted by Gasteiger charge is 2.20. The number of nitrogen functional groups attached to an aromatic ring is 1. The monoisotopic (exact) mass is 261 g/mol. The first kappa shape index (κ1) is 13.3. The van der Waals surface area contributed by atoms with Crippen molar-refractivity contribution in [3.8, 4) is 0 Å². The molecule has 1 rings (SSSR count). The van der Waals surface area contributed by atoms with Crippen LogP contribution < -0.4 is 5.73 Å². The van der Waals surface area contributed by atoms with Crippen LogP contribution >= 0.6 is 11.6 Å². The molecular weight excluding hydrogens is 246 g/mol. The van der Waals surface area contributed by atoms with Crippen molar-refractivity contribution in [3.05, 3.63) is 28.8 Å². The predicted molar refractivity (Wildman–Crippen MR) is 68.2 cm³/mol. The molecule has 0 saturated heterocycles. The number of sulfone groups is 1. The van der Waals surface area contributed by atoms with E-state index in [0.29, 0.717) is 22.7 Å². The van der Waals surface area contributed by atoms with Crippen LogP contribution in [0, 0.1) is 0 Å². The topological polar surface area (TPSA) is 60.2 Å². The maximum Gasteiger partial charge on any atom is 0.157 e. The molecule has 0 aliphatic rings. The van der Waals surface area contributed by atoms with Gasteiger partial charge in [0.05, 0.1) is 11.0 Å². The van der Waals surface area contributed by atoms with Gasteiger partial charge in [-0.2, -0.15) is 0 Å². The summed E-state index contributed by atoms with van der Waals surface area (Å²) in [5.41, 5.74) is 6.77. The Balaban J connectivity index is 2.97. The summed E-state index contributed by atoms with van der Waals surface area (Å²) < 4.78 is 23.8. The van der Waals surface area contributed by atoms with Crippen molar-refractivity contribution in [1.82, 2.24) is 0 Å². The lowest BCUT2D eigenvalue weighted by atomic mass is 10.2. The van der Waals surface area contributed by atoms with E-state index in [0.717, 1.165) is 0 Å². The fourth-order valence-corrected chi connectivity index (χ4v) is 2.98. The Morgan fingerprint density at radius 1 is 1.44 bits per heavy atom. The van der Waals surface area contributed by atoms with Crippen LogP contribution in [-0.4, -0.2) is 13.7 Å². The van der Waals surface area contributed by atoms with E-state index in [9.17, 15) is 8.42 Å². The van der Waals surface area contributed by atoms with Gasteiger partial charge in [0.25, 0.3) is 0 Å². The maximum absolute atomic E-state index is 11.9. The van der Waals surface area contributed by atoms with Crippen molar-refractivity contribution in [3.63, 3.8) is 0 Å². The van der Waals surface area contributed by atoms with E-state index in [-0.39, 0.29) is 11.0 Å². The van der Waals surface area contributed by atoms with Crippen molar-refractivity contribution in [2.24, 2.45) is 0 Å². The van der Waals surface area contributed by atoms with Gasteiger partial charge in [0, 0.05) is 10.7 Å². The average molecular weight is 262 g/mol. The van der Waals surface area contributed by atoms with Gasteiger partial charge in [-0.3, -0.25) is 0 Å². The molecule has 0 aliphatic carbocycles. The third kappa shape index (κ3) is 3.12. The number of halogens is 1. The molecule has 1 aromatic carbocycles. The van der Waals surface area contributed by atoms with E-state index >= 15 is 0 Å². The number of rotatable bonds is 4. The highest BCUT2D eigenvalue weighted by Crippen LogP contribution is 2.22. The molecule has 0 aliphatic heterocycles. The molecule has 16 heavy (non-hydrogen) atoms. The molecule has 0 radical (unpaired) electrons. The van der Waals surface area contributed by atoms with E-state index in [1.807, 2.05) is 6.92 Å². The van der Waals surface area contributed by atoms with Crippen molar-refractivity contribution < 1.29 is 8.42 Å². The van der Waals surface area contributed by atoms with Gasteiger partial charge in [0.2, 0.25) is 0 Å². The maximum atomic E-state index is 11.9. The van der Waals surface area contributed by atoms with Crippen molar-refractivity contribution >= 4 is 27.1 Å². The summed E-state index contributed by atoms with van der Waals surface area (Å²) in [5, 5.41) is 0.171. The molecule has 90 valence electrons. The second-order valence-corrected chi connectivity index (χ2v) is 6.72. The van der Waals surface area contributed by atoms with E-state index in [2.05, 4.69) is 0 Å². The lowest BCUT2D eigenvalue weighted by molar-refractivity contribution is 0.580. The Labute approximate surface area is 102 Å². The molecule has 0 fully saturated rings. The smallest absolute Gasteiger partial charge is 0.157 e. The minimum Gasteiger partial charge on any atom is -0.398 e. The molecule has 1 unspecified atom stereocenters. The Hall–Kier alpha value is -0.740. The van der Waals surface area contributed by atoms with Gasteiger partial charge in [-0.1, -0.05) is 24.6 Å². The largest absolute Gasteiger partial charge is 0.398 e. The van der Waals surface area contributed by atoms with Gasteiger partial charge in [-0.25, -0.2) is 8.42 Å². The van der Waals surface area contributed by atoms with E-state index in [4.69, 9.17) is 17.3 Å². The summed E-state index contributed by atoms with van der Waals surface area (Å²) in [4.78, 5) is 0. The zero-order chi connectivity index (χ0) is 12.3. The van der Waals surface area contributed by atoms with E-state index in [1.165, 1.54) is 0 Å². The van der Waals surface area contributed by atoms with E-state index < -0.39 is 9.84 Å². The van der Waals surface area contributed by atoms with Gasteiger partial charge in [-0.15, -0.1) is 0 Å². The Morgan fingerprint density at radius 2 is 2.06 bits per heavy atom. The predicted octanol–water partition coefficient (Wildman–Crippen LogP) is 2.64. The first-order valence-electron chi connectivity index (χ1n) is 5.12. The summed E-state index contributed by atoms with van der Waals surface area (Å²) in [6, 6.07) is 4.89. The minimum absolute atomic E-state index is 0.0228. The van der Waals surface area contributed by atoms with Crippen LogP contribution in [-0.2, 0) is 15.6 Å². The molecule has 0 bridgehead atoms. The first-order chi connectivity index (χ1) is 7.36. The zero-order valence-corrected chi connectivity index (χ0v) is 11.0. The SMILES string of the molecule is CCC(C)S(=O)(=O)Cc1ccc(Cl)cc1N. The van der Waals surface area contributed by atoms with Crippen LogP contribution in [0.2, 0.25) is 5.02 Å². The lowest BCUT2D eigenvalue weighted by Gasteiger charge is -2.12. The lowest BCUT2D eigenvalue weighted by Crippen LogP contribution is -2.19. The summed E-state index contributed by atoms with van der Waals surface area (Å²) >= 11 is 5.75. The summed E-state index contributed by atoms with van der Waals surface area (Å²) in [7, 11) is -3.12. The van der Waals surface area contributed by atoms with Crippen molar-refractivity contribution in [2.45, 2.75) is 31.3 Å². The minimum atomic E-state index is -3.12. The fraction of sp³-hybridized carbons (Fsp3) is 0.455. The van der Waals surface area contributed by atoms with Gasteiger partial charge in [0.15, 0.2) is 9.84 Å². The summed E-state index contributed by atoms with van der Waals surface area (Å²) in [5.74, 6) is -0.0228. The van der Waals surface area contributed by atoms with Crippen molar-refractivity contribution in [1.29, 1.82) is 0 Å². The Morgan fingerprint density at radius 3 is 2.56 bits per heavy atom. The molecule has 1 aromatic rings. The van der Waals surface area contributed by atoms with Crippen LogP contribution in [0.5, 0.6) is 0 Å². The molecular formula is C11H16ClNO2S. The molecule has 0 spiro atoms. The van der Waals surface area contributed by atoms with E-state index in [1.54, 1.807) is 25.1 Å². The normalized spacial score (nSPS) is 13.7. The third-order valence-corrected chi connectivity index (χ3v) is 5.16. The van der Waals surface area contributed by atoms with Gasteiger partial charge >= 0.3 is 0 Å². The average Bonchev–Trinajstić information content (AvgIpc) is 2.21. The first-order valence-corrected chi connectivity index (χ1v) is 7.21. The second kappa shape index (κ2) is 5.06. The van der Waals surface area contributed by atoms with Crippen molar-refractivity contribution in [2.75, 3.05) is 5.73 Å². The second-order valence-electron chi connectivity index (χ2n) is 3.87. The highest BCUT2D eigenvalue weighted by molar-refractivity contribution is 7.91. The van der Waals surface area contributed by atoms with Gasteiger partial charge < -0.3 is 5.73 Å². The molecule has 0 saturated carbocycles. The number of nitrogens with two attached hydrogens (primary N) is 1. The number of anilines is 1. The number of benzene rings is 1. The third-order valence-electron chi connectivity index (χ3n) is 2.65. The molecule has 3 nitrogen and oxygen atoms in total. The molecule has 0 heterocycles. The van der Waals surface area contributed by atoms with Crippen LogP contribution in [0.15, 0.2) is 18.2 Å². The molecule has 0 amide bonds. The molecule has 1 atom stereocenters. The van der Waals surface area contributed by atoms with Crippen LogP contribution in [0.4, 0.5) is 5.69 Å². The number of hydrogen-bond donors (Lipinski definition) is 1. The Kier molecular flexibility index (Phi) is 4.21. The standard InChI is InChI=1S/C11H16ClNO2S/c1-3-8(2)16(14,15)7-9-4-5-10(12)6-11(9)13/h4-6,8H,3,7,13H2,1-2H3.